The predicted octanol–water partition coefficient (Wildman–Crippen LogP) is 1.91. The number of hydrogen-bond donors (Lipinski definition) is 1. The lowest BCUT2D eigenvalue weighted by Crippen LogP contribution is -2.57. The molecule has 1 spiro atoms. The Balaban J connectivity index is 1.46. The van der Waals surface area contributed by atoms with E-state index >= 15 is 0 Å². The number of aromatic nitrogens is 3. The molecule has 0 radical (unpaired) electrons. The Kier molecular flexibility index (Phi) is 6.57. The van der Waals surface area contributed by atoms with Gasteiger partial charge in [-0.15, -0.1) is 16.9 Å². The zero-order valence-electron chi connectivity index (χ0n) is 23.3. The average Bonchev–Trinajstić information content (AvgIpc) is 3.45. The minimum Gasteiger partial charge on any atom is -0.394 e. The van der Waals surface area contributed by atoms with Gasteiger partial charge in [0.05, 0.1) is 34.7 Å². The molecule has 212 valence electrons. The lowest BCUT2D eigenvalue weighted by atomic mass is 9.74. The molecule has 0 aliphatic carbocycles. The zero-order valence-corrected chi connectivity index (χ0v) is 24.1. The van der Waals surface area contributed by atoms with Crippen molar-refractivity contribution in [3.63, 3.8) is 0 Å². The fourth-order valence-corrected chi connectivity index (χ4v) is 9.30. The van der Waals surface area contributed by atoms with Crippen LogP contribution in [0.2, 0.25) is 0 Å². The van der Waals surface area contributed by atoms with E-state index < -0.39 is 33.4 Å². The number of nitrogens with zero attached hydrogens (tertiary/aromatic N) is 6. The molecular formula is C29H36N6O4S. The number of carbonyl (C=O) groups is 3. The molecule has 40 heavy (non-hydrogen) atoms. The normalized spacial score (nSPS) is 32.5. The molecule has 3 amide bonds. The third kappa shape index (κ3) is 3.92. The van der Waals surface area contributed by atoms with Crippen molar-refractivity contribution in [3.8, 4) is 0 Å². The van der Waals surface area contributed by atoms with Crippen LogP contribution in [0.25, 0.3) is 11.0 Å². The average molecular weight is 565 g/mol. The molecule has 4 aliphatic rings. The van der Waals surface area contributed by atoms with Gasteiger partial charge in [0.15, 0.2) is 0 Å². The molecule has 1 aromatic heterocycles. The highest BCUT2D eigenvalue weighted by atomic mass is 32.2. The molecule has 2 saturated heterocycles. The molecule has 5 heterocycles. The quantitative estimate of drug-likeness (QED) is 0.534. The predicted molar refractivity (Wildman–Crippen MR) is 152 cm³/mol. The monoisotopic (exact) mass is 564 g/mol. The summed E-state index contributed by atoms with van der Waals surface area (Å²) in [4.78, 5) is 47.9. The molecule has 2 fully saturated rings. The highest BCUT2D eigenvalue weighted by Crippen LogP contribution is 2.65. The number of hydrogen-bond acceptors (Lipinski definition) is 7. The summed E-state index contributed by atoms with van der Waals surface area (Å²) in [7, 11) is 1.76. The molecule has 2 aromatic rings. The van der Waals surface area contributed by atoms with Gasteiger partial charge in [0, 0.05) is 24.9 Å². The molecule has 6 atom stereocenters. The maximum Gasteiger partial charge on any atom is 0.248 e. The Labute approximate surface area is 238 Å². The van der Waals surface area contributed by atoms with E-state index in [1.807, 2.05) is 69.3 Å². The number of likely N-dealkylation sites (N-methyl/N-ethyl adjacent to an activating group) is 1. The molecule has 0 saturated carbocycles. The second-order valence-corrected chi connectivity index (χ2v) is 13.8. The number of likely N-dealkylation sites (tertiary alicyclic amines) is 1. The van der Waals surface area contributed by atoms with Gasteiger partial charge >= 0.3 is 0 Å². The van der Waals surface area contributed by atoms with E-state index in [1.54, 1.807) is 38.2 Å². The summed E-state index contributed by atoms with van der Waals surface area (Å²) in [6.45, 7) is 6.82. The fourth-order valence-electron chi connectivity index (χ4n) is 7.15. The molecule has 10 nitrogen and oxygen atoms in total. The van der Waals surface area contributed by atoms with Crippen LogP contribution >= 0.6 is 11.8 Å². The molecule has 4 aliphatic heterocycles. The second kappa shape index (κ2) is 9.73. The van der Waals surface area contributed by atoms with E-state index in [0.717, 1.165) is 11.0 Å². The maximum atomic E-state index is 14.6. The Morgan fingerprint density at radius 2 is 1.80 bits per heavy atom. The van der Waals surface area contributed by atoms with Crippen LogP contribution in [0, 0.1) is 17.8 Å². The lowest BCUT2D eigenvalue weighted by Gasteiger charge is -2.40. The van der Waals surface area contributed by atoms with Gasteiger partial charge in [-0.1, -0.05) is 55.5 Å². The third-order valence-corrected chi connectivity index (χ3v) is 10.6. The first kappa shape index (κ1) is 27.0. The van der Waals surface area contributed by atoms with Crippen molar-refractivity contribution in [1.29, 1.82) is 0 Å². The van der Waals surface area contributed by atoms with Crippen molar-refractivity contribution < 1.29 is 19.5 Å². The van der Waals surface area contributed by atoms with Gasteiger partial charge in [0.25, 0.3) is 0 Å². The van der Waals surface area contributed by atoms with Crippen molar-refractivity contribution in [2.24, 2.45) is 17.8 Å². The van der Waals surface area contributed by atoms with Crippen molar-refractivity contribution in [2.75, 3.05) is 26.7 Å². The van der Waals surface area contributed by atoms with E-state index in [1.165, 1.54) is 0 Å². The van der Waals surface area contributed by atoms with Crippen LogP contribution in [0.5, 0.6) is 0 Å². The van der Waals surface area contributed by atoms with Crippen molar-refractivity contribution in [2.45, 2.75) is 55.4 Å². The summed E-state index contributed by atoms with van der Waals surface area (Å²) in [5, 5.41) is 19.1. The Morgan fingerprint density at radius 3 is 2.55 bits per heavy atom. The van der Waals surface area contributed by atoms with Gasteiger partial charge in [-0.2, -0.15) is 0 Å². The van der Waals surface area contributed by atoms with E-state index in [4.69, 9.17) is 0 Å². The summed E-state index contributed by atoms with van der Waals surface area (Å²) in [5.41, 5.74) is 1.55. The van der Waals surface area contributed by atoms with E-state index in [9.17, 15) is 19.5 Å². The van der Waals surface area contributed by atoms with Crippen LogP contribution in [0.4, 0.5) is 0 Å². The van der Waals surface area contributed by atoms with Crippen molar-refractivity contribution in [1.82, 2.24) is 29.7 Å². The lowest BCUT2D eigenvalue weighted by molar-refractivity contribution is -0.148. The van der Waals surface area contributed by atoms with Gasteiger partial charge in [0.1, 0.15) is 18.2 Å². The second-order valence-electron chi connectivity index (χ2n) is 12.0. The van der Waals surface area contributed by atoms with Crippen LogP contribution in [-0.2, 0) is 21.1 Å². The summed E-state index contributed by atoms with van der Waals surface area (Å²) in [5.74, 6) is -1.67. The van der Waals surface area contributed by atoms with E-state index in [-0.39, 0.29) is 36.9 Å². The molecule has 0 bridgehead atoms. The zero-order chi connectivity index (χ0) is 28.4. The van der Waals surface area contributed by atoms with Crippen molar-refractivity contribution in [3.05, 3.63) is 48.6 Å². The first-order chi connectivity index (χ1) is 19.1. The van der Waals surface area contributed by atoms with Gasteiger partial charge in [-0.3, -0.25) is 14.4 Å². The highest BCUT2D eigenvalue weighted by Gasteiger charge is 2.74. The highest BCUT2D eigenvalue weighted by molar-refractivity contribution is 8.02. The fraction of sp³-hybridized carbons (Fsp3) is 0.552. The number of benzene rings is 1. The smallest absolute Gasteiger partial charge is 0.248 e. The molecule has 1 aromatic carbocycles. The van der Waals surface area contributed by atoms with E-state index in [0.29, 0.717) is 19.5 Å². The van der Waals surface area contributed by atoms with Crippen LogP contribution in [0.15, 0.2) is 48.6 Å². The van der Waals surface area contributed by atoms with Crippen LogP contribution < -0.4 is 0 Å². The van der Waals surface area contributed by atoms with E-state index in [2.05, 4.69) is 10.3 Å². The number of aliphatic hydroxyl groups excluding tert-OH is 1. The number of thioether (sulfide) groups is 1. The Hall–Kier alpha value is -3.18. The number of aliphatic hydroxyl groups is 1. The van der Waals surface area contributed by atoms with Crippen LogP contribution in [-0.4, -0.2) is 101 Å². The summed E-state index contributed by atoms with van der Waals surface area (Å²) in [6.07, 6.45) is 8.54. The molecular weight excluding hydrogens is 528 g/mol. The molecule has 6 rings (SSSR count). The van der Waals surface area contributed by atoms with Gasteiger partial charge in [-0.05, 0) is 31.4 Å². The van der Waals surface area contributed by atoms with Crippen LogP contribution in [0.3, 0.4) is 0 Å². The SMILES string of the molecule is CC(C)C[C@H](CO)N1C(=O)[C@@H]2[C@H]3C(=O)N(C)CC=C[C@@]3(C)S[C@@]23C=CCN(Cn2nnc4ccccc42)C(=O)C13. The minimum atomic E-state index is -0.949. The number of fused-ring (bicyclic) bond motifs is 3. The standard InChI is InChI=1S/C29H36N6O4S/c1-18(2)15-19(16-36)35-24-27(39)33(17-34-21-10-6-5-9-20(21)30-31-34)14-8-12-29(24)23(26(35)38)22-25(37)32(4)13-7-11-28(22,3)40-29/h5-12,18-19,22-24,36H,13-17H2,1-4H3/t19-,22+,23+,24?,28-,29+/m1/s1. The first-order valence-electron chi connectivity index (χ1n) is 13.9. The first-order valence-corrected chi connectivity index (χ1v) is 14.7. The number of para-hydroxylation sites is 1. The van der Waals surface area contributed by atoms with Crippen LogP contribution in [0.1, 0.15) is 27.2 Å². The van der Waals surface area contributed by atoms with Gasteiger partial charge < -0.3 is 19.8 Å². The summed E-state index contributed by atoms with van der Waals surface area (Å²) in [6, 6.07) is 6.18. The largest absolute Gasteiger partial charge is 0.394 e. The maximum absolute atomic E-state index is 14.6. The van der Waals surface area contributed by atoms with Gasteiger partial charge in [0.2, 0.25) is 17.7 Å². The molecule has 1 N–H and O–H groups in total. The van der Waals surface area contributed by atoms with Gasteiger partial charge in [-0.25, -0.2) is 4.68 Å². The number of carbonyl (C=O) groups excluding carboxylic acids is 3. The van der Waals surface area contributed by atoms with Crippen molar-refractivity contribution >= 4 is 40.5 Å². The Morgan fingerprint density at radius 1 is 1.05 bits per heavy atom. The Bertz CT molecular complexity index is 1420. The molecule has 1 unspecified atom stereocenters. The number of amides is 3. The topological polar surface area (TPSA) is 112 Å². The minimum absolute atomic E-state index is 0.0868. The molecule has 11 heteroatoms. The number of rotatable bonds is 6. The third-order valence-electron chi connectivity index (χ3n) is 8.85. The summed E-state index contributed by atoms with van der Waals surface area (Å²) < 4.78 is 0.0973. The summed E-state index contributed by atoms with van der Waals surface area (Å²) >= 11 is 1.55.